The normalized spacial score (nSPS) is 15.5. The molecule has 5 rings (SSSR count). The van der Waals surface area contributed by atoms with Crippen LogP contribution in [-0.2, 0) is 4.74 Å². The van der Waals surface area contributed by atoms with Crippen molar-refractivity contribution in [1.82, 2.24) is 15.0 Å². The maximum absolute atomic E-state index is 14.0. The van der Waals surface area contributed by atoms with Gasteiger partial charge in [-0.1, -0.05) is 12.1 Å². The third-order valence-electron chi connectivity index (χ3n) is 5.62. The van der Waals surface area contributed by atoms with E-state index in [0.29, 0.717) is 73.9 Å². The van der Waals surface area contributed by atoms with Gasteiger partial charge in [0, 0.05) is 35.7 Å². The Hall–Kier alpha value is -3.79. The summed E-state index contributed by atoms with van der Waals surface area (Å²) in [5.41, 5.74) is 2.78. The first kappa shape index (κ1) is 22.0. The molecule has 0 spiro atoms. The van der Waals surface area contributed by atoms with Gasteiger partial charge >= 0.3 is 6.03 Å². The molecular formula is C24H25FN6O3. The minimum absolute atomic E-state index is 0.300. The van der Waals surface area contributed by atoms with E-state index in [1.165, 1.54) is 12.1 Å². The van der Waals surface area contributed by atoms with Gasteiger partial charge in [-0.15, -0.1) is 0 Å². The van der Waals surface area contributed by atoms with E-state index < -0.39 is 0 Å². The third kappa shape index (κ3) is 4.49. The lowest BCUT2D eigenvalue weighted by Crippen LogP contribution is -2.43. The first-order valence-corrected chi connectivity index (χ1v) is 11.2. The number of hydrogen-bond acceptors (Lipinski definition) is 7. The van der Waals surface area contributed by atoms with E-state index in [9.17, 15) is 9.18 Å². The highest BCUT2D eigenvalue weighted by molar-refractivity contribution is 6.03. The van der Waals surface area contributed by atoms with Crippen LogP contribution >= 0.6 is 0 Å². The molecule has 3 aromatic rings. The number of carbonyl (C=O) groups is 1. The molecular weight excluding hydrogens is 439 g/mol. The van der Waals surface area contributed by atoms with Crippen molar-refractivity contribution in [1.29, 1.82) is 0 Å². The first-order chi connectivity index (χ1) is 16.5. The fourth-order valence-corrected chi connectivity index (χ4v) is 4.13. The Morgan fingerprint density at radius 3 is 2.44 bits per heavy atom. The number of morpholine rings is 1. The van der Waals surface area contributed by atoms with Gasteiger partial charge in [0.05, 0.1) is 19.8 Å². The molecule has 0 saturated carbocycles. The lowest BCUT2D eigenvalue weighted by molar-refractivity contribution is 0.122. The maximum Gasteiger partial charge on any atom is 0.327 e. The Bertz CT molecular complexity index is 1210. The molecule has 2 aromatic heterocycles. The highest BCUT2D eigenvalue weighted by Gasteiger charge is 2.32. The Morgan fingerprint density at radius 1 is 0.971 bits per heavy atom. The molecule has 1 fully saturated rings. The van der Waals surface area contributed by atoms with Gasteiger partial charge in [-0.3, -0.25) is 9.88 Å². The van der Waals surface area contributed by atoms with Crippen LogP contribution in [0.1, 0.15) is 11.4 Å². The second kappa shape index (κ2) is 9.22. The van der Waals surface area contributed by atoms with Gasteiger partial charge in [0.25, 0.3) is 0 Å². The van der Waals surface area contributed by atoms with Crippen LogP contribution in [0.25, 0.3) is 11.4 Å². The summed E-state index contributed by atoms with van der Waals surface area (Å²) in [6.07, 6.45) is 0. The van der Waals surface area contributed by atoms with Crippen LogP contribution in [0.3, 0.4) is 0 Å². The van der Waals surface area contributed by atoms with Crippen molar-refractivity contribution in [2.24, 2.45) is 0 Å². The topological polar surface area (TPSA) is 92.7 Å². The minimum Gasteiger partial charge on any atom is -0.485 e. The van der Waals surface area contributed by atoms with Gasteiger partial charge in [-0.25, -0.2) is 19.2 Å². The van der Waals surface area contributed by atoms with Crippen molar-refractivity contribution < 1.29 is 18.7 Å². The van der Waals surface area contributed by atoms with Crippen LogP contribution in [0.15, 0.2) is 36.4 Å². The lowest BCUT2D eigenvalue weighted by atomic mass is 10.2. The van der Waals surface area contributed by atoms with Crippen molar-refractivity contribution in [2.45, 2.75) is 13.8 Å². The van der Waals surface area contributed by atoms with Crippen molar-refractivity contribution in [3.05, 3.63) is 53.6 Å². The van der Waals surface area contributed by atoms with Gasteiger partial charge in [-0.2, -0.15) is 0 Å². The van der Waals surface area contributed by atoms with Gasteiger partial charge in [-0.05, 0) is 38.1 Å². The molecule has 0 unspecified atom stereocenters. The van der Waals surface area contributed by atoms with E-state index in [2.05, 4.69) is 15.3 Å². The Balaban J connectivity index is 1.56. The van der Waals surface area contributed by atoms with E-state index >= 15 is 0 Å². The number of halogens is 1. The number of nitrogens with zero attached hydrogens (tertiary/aromatic N) is 5. The smallest absolute Gasteiger partial charge is 0.327 e. The number of benzene rings is 1. The number of ether oxygens (including phenoxy) is 2. The predicted octanol–water partition coefficient (Wildman–Crippen LogP) is 3.56. The zero-order chi connectivity index (χ0) is 23.7. The van der Waals surface area contributed by atoms with E-state index in [-0.39, 0.29) is 11.8 Å². The number of pyridine rings is 1. The average Bonchev–Trinajstić information content (AvgIpc) is 2.83. The van der Waals surface area contributed by atoms with Crippen LogP contribution in [0.2, 0.25) is 0 Å². The Labute approximate surface area is 196 Å². The maximum atomic E-state index is 14.0. The molecule has 1 aromatic carbocycles. The molecule has 1 N–H and O–H groups in total. The molecule has 4 heterocycles. The summed E-state index contributed by atoms with van der Waals surface area (Å²) in [6.45, 7) is 6.71. The molecule has 2 amide bonds. The molecule has 34 heavy (non-hydrogen) atoms. The third-order valence-corrected chi connectivity index (χ3v) is 5.62. The highest BCUT2D eigenvalue weighted by atomic mass is 19.1. The van der Waals surface area contributed by atoms with E-state index in [4.69, 9.17) is 14.5 Å². The first-order valence-electron chi connectivity index (χ1n) is 11.2. The Kier molecular flexibility index (Phi) is 5.97. The van der Waals surface area contributed by atoms with Crippen LogP contribution in [0.4, 0.5) is 26.5 Å². The minimum atomic E-state index is -0.388. The zero-order valence-corrected chi connectivity index (χ0v) is 19.0. The van der Waals surface area contributed by atoms with Crippen LogP contribution in [0, 0.1) is 19.7 Å². The highest BCUT2D eigenvalue weighted by Crippen LogP contribution is 2.40. The van der Waals surface area contributed by atoms with Crippen LogP contribution < -0.4 is 19.9 Å². The molecule has 0 bridgehead atoms. The predicted molar refractivity (Wildman–Crippen MR) is 126 cm³/mol. The van der Waals surface area contributed by atoms with E-state index in [1.54, 1.807) is 17.0 Å². The number of aryl methyl sites for hydroxylation is 2. The second-order valence-corrected chi connectivity index (χ2v) is 8.20. The zero-order valence-electron chi connectivity index (χ0n) is 19.0. The Morgan fingerprint density at radius 2 is 1.71 bits per heavy atom. The van der Waals surface area contributed by atoms with Crippen molar-refractivity contribution in [3.8, 4) is 17.1 Å². The van der Waals surface area contributed by atoms with Gasteiger partial charge < -0.3 is 19.7 Å². The fraction of sp³-hybridized carbons (Fsp3) is 0.333. The summed E-state index contributed by atoms with van der Waals surface area (Å²) in [6, 6.07) is 9.37. The van der Waals surface area contributed by atoms with Crippen molar-refractivity contribution in [2.75, 3.05) is 54.6 Å². The fourth-order valence-electron chi connectivity index (χ4n) is 4.13. The molecule has 0 atom stereocenters. The molecule has 10 heteroatoms. The summed E-state index contributed by atoms with van der Waals surface area (Å²) in [7, 11) is 0. The second-order valence-electron chi connectivity index (χ2n) is 8.20. The standard InChI is InChI=1S/C24H25FN6O3/c1-15-12-19(13-16(2)26-15)27-24(32)31-8-11-34-20-22(30-6-9-33-10-7-30)28-21(29-23(20)31)17-4-3-5-18(25)14-17/h3-5,12-14H,6-11H2,1-2H3,(H,26,27,32). The van der Waals surface area contributed by atoms with Gasteiger partial charge in [0.15, 0.2) is 17.5 Å². The SMILES string of the molecule is Cc1cc(NC(=O)N2CCOc3c(N4CCOCC4)nc(-c4cccc(F)c4)nc32)cc(C)n1. The molecule has 1 saturated heterocycles. The molecule has 176 valence electrons. The summed E-state index contributed by atoms with van der Waals surface area (Å²) >= 11 is 0. The summed E-state index contributed by atoms with van der Waals surface area (Å²) < 4.78 is 25.4. The van der Waals surface area contributed by atoms with Crippen LogP contribution in [0.5, 0.6) is 5.75 Å². The van der Waals surface area contributed by atoms with E-state index in [0.717, 1.165) is 11.4 Å². The molecule has 0 radical (unpaired) electrons. The summed E-state index contributed by atoms with van der Waals surface area (Å²) in [4.78, 5) is 30.6. The number of urea groups is 1. The van der Waals surface area contributed by atoms with Crippen LogP contribution in [-0.4, -0.2) is 60.4 Å². The van der Waals surface area contributed by atoms with Crippen molar-refractivity contribution in [3.63, 3.8) is 0 Å². The monoisotopic (exact) mass is 464 g/mol. The van der Waals surface area contributed by atoms with Gasteiger partial charge in [0.2, 0.25) is 5.75 Å². The number of rotatable bonds is 3. The number of nitrogens with one attached hydrogen (secondary N) is 1. The quantitative estimate of drug-likeness (QED) is 0.634. The van der Waals surface area contributed by atoms with Crippen molar-refractivity contribution >= 4 is 23.4 Å². The van der Waals surface area contributed by atoms with E-state index in [1.807, 2.05) is 30.9 Å². The number of anilines is 3. The number of carbonyl (C=O) groups excluding carboxylic acids is 1. The largest absolute Gasteiger partial charge is 0.485 e. The number of fused-ring (bicyclic) bond motifs is 1. The number of aromatic nitrogens is 3. The number of hydrogen-bond donors (Lipinski definition) is 1. The summed E-state index contributed by atoms with van der Waals surface area (Å²) in [5.74, 6) is 1.29. The van der Waals surface area contributed by atoms with Gasteiger partial charge in [0.1, 0.15) is 12.4 Å². The molecule has 0 aliphatic carbocycles. The number of amides is 2. The summed E-state index contributed by atoms with van der Waals surface area (Å²) in [5, 5.41) is 2.94. The lowest BCUT2D eigenvalue weighted by Gasteiger charge is -2.34. The molecule has 2 aliphatic rings. The molecule has 2 aliphatic heterocycles. The molecule has 9 nitrogen and oxygen atoms in total. The average molecular weight is 465 g/mol.